The molecule has 1 aromatic carbocycles. The highest BCUT2D eigenvalue weighted by molar-refractivity contribution is 7.89. The number of aliphatic hydroxyl groups excluding tert-OH is 1. The van der Waals surface area contributed by atoms with Gasteiger partial charge >= 0.3 is 0 Å². The van der Waals surface area contributed by atoms with Crippen molar-refractivity contribution < 1.29 is 17.9 Å². The summed E-state index contributed by atoms with van der Waals surface area (Å²) in [7, 11) is -3.85. The van der Waals surface area contributed by atoms with Gasteiger partial charge in [0.25, 0.3) is 0 Å². The van der Waals surface area contributed by atoms with E-state index in [0.717, 1.165) is 18.9 Å². The smallest absolute Gasteiger partial charge is 0.246 e. The molecule has 0 atom stereocenters. The monoisotopic (exact) mass is 285 g/mol. The molecule has 0 spiro atoms. The molecule has 19 heavy (non-hydrogen) atoms. The maximum absolute atomic E-state index is 13.9. The second kappa shape index (κ2) is 5.40. The van der Waals surface area contributed by atoms with Crippen LogP contribution in [0.5, 0.6) is 0 Å². The van der Waals surface area contributed by atoms with Gasteiger partial charge in [-0.05, 0) is 30.5 Å². The summed E-state index contributed by atoms with van der Waals surface area (Å²) in [6.45, 7) is 3.39. The van der Waals surface area contributed by atoms with Gasteiger partial charge in [-0.15, -0.1) is 6.58 Å². The van der Waals surface area contributed by atoms with E-state index < -0.39 is 15.8 Å². The van der Waals surface area contributed by atoms with Gasteiger partial charge in [0.15, 0.2) is 0 Å². The van der Waals surface area contributed by atoms with Crippen LogP contribution in [0.3, 0.4) is 0 Å². The Balaban J connectivity index is 2.40. The number of hydrogen-bond donors (Lipinski definition) is 1. The molecule has 0 amide bonds. The first-order valence-corrected chi connectivity index (χ1v) is 7.46. The van der Waals surface area contributed by atoms with Crippen LogP contribution in [-0.4, -0.2) is 30.4 Å². The summed E-state index contributed by atoms with van der Waals surface area (Å²) in [5, 5.41) is 8.91. The minimum Gasteiger partial charge on any atom is -0.392 e. The molecule has 2 rings (SSSR count). The fourth-order valence-corrected chi connectivity index (χ4v) is 3.61. The lowest BCUT2D eigenvalue weighted by Crippen LogP contribution is -2.33. The third-order valence-electron chi connectivity index (χ3n) is 3.03. The van der Waals surface area contributed by atoms with Gasteiger partial charge in [0, 0.05) is 12.6 Å². The van der Waals surface area contributed by atoms with Gasteiger partial charge in [-0.3, -0.25) is 0 Å². The van der Waals surface area contributed by atoms with Gasteiger partial charge in [0.2, 0.25) is 10.0 Å². The van der Waals surface area contributed by atoms with Crippen LogP contribution in [0, 0.1) is 5.82 Å². The van der Waals surface area contributed by atoms with Crippen LogP contribution >= 0.6 is 0 Å². The maximum atomic E-state index is 13.9. The molecule has 1 saturated carbocycles. The first-order chi connectivity index (χ1) is 9.00. The summed E-state index contributed by atoms with van der Waals surface area (Å²) in [4.78, 5) is -0.349. The molecule has 0 heterocycles. The topological polar surface area (TPSA) is 57.6 Å². The molecule has 4 nitrogen and oxygen atoms in total. The Morgan fingerprint density at radius 1 is 1.47 bits per heavy atom. The van der Waals surface area contributed by atoms with Gasteiger partial charge < -0.3 is 5.11 Å². The number of hydrogen-bond acceptors (Lipinski definition) is 3. The molecule has 0 aliphatic heterocycles. The van der Waals surface area contributed by atoms with Crippen LogP contribution in [0.4, 0.5) is 4.39 Å². The standard InChI is InChI=1S/C13H16FNO3S/c1-2-7-15(11-4-5-11)19(17,18)13-6-3-10(9-16)8-12(13)14/h2-3,6,8,11,16H,1,4-5,7,9H2. The largest absolute Gasteiger partial charge is 0.392 e. The fraction of sp³-hybridized carbons (Fsp3) is 0.385. The third-order valence-corrected chi connectivity index (χ3v) is 4.98. The normalized spacial score (nSPS) is 15.7. The van der Waals surface area contributed by atoms with Gasteiger partial charge in [-0.1, -0.05) is 12.1 Å². The number of aliphatic hydroxyl groups is 1. The summed E-state index contributed by atoms with van der Waals surface area (Å²) in [6, 6.07) is 3.61. The molecular formula is C13H16FNO3S. The van der Waals surface area contributed by atoms with E-state index in [1.807, 2.05) is 0 Å². The molecule has 0 aromatic heterocycles. The predicted octanol–water partition coefficient (Wildman–Crippen LogP) is 1.66. The molecule has 104 valence electrons. The minimum absolute atomic E-state index is 0.0556. The SMILES string of the molecule is C=CCN(C1CC1)S(=O)(=O)c1ccc(CO)cc1F. The average Bonchev–Trinajstić information content (AvgIpc) is 3.19. The highest BCUT2D eigenvalue weighted by Crippen LogP contribution is 2.32. The van der Waals surface area contributed by atoms with Crippen molar-refractivity contribution in [1.82, 2.24) is 4.31 Å². The molecule has 6 heteroatoms. The summed E-state index contributed by atoms with van der Waals surface area (Å²) < 4.78 is 39.9. The van der Waals surface area contributed by atoms with Crippen LogP contribution in [0.2, 0.25) is 0 Å². The van der Waals surface area contributed by atoms with Crippen LogP contribution in [-0.2, 0) is 16.6 Å². The van der Waals surface area contributed by atoms with Crippen molar-refractivity contribution in [3.63, 3.8) is 0 Å². The van der Waals surface area contributed by atoms with Crippen molar-refractivity contribution in [2.75, 3.05) is 6.54 Å². The number of nitrogens with zero attached hydrogens (tertiary/aromatic N) is 1. The van der Waals surface area contributed by atoms with E-state index in [1.165, 1.54) is 22.5 Å². The Labute approximate surface area is 112 Å². The molecular weight excluding hydrogens is 269 g/mol. The van der Waals surface area contributed by atoms with E-state index in [4.69, 9.17) is 5.11 Å². The number of sulfonamides is 1. The lowest BCUT2D eigenvalue weighted by molar-refractivity contribution is 0.281. The van der Waals surface area contributed by atoms with Crippen molar-refractivity contribution in [2.24, 2.45) is 0 Å². The molecule has 0 saturated heterocycles. The maximum Gasteiger partial charge on any atom is 0.246 e. The zero-order valence-corrected chi connectivity index (χ0v) is 11.2. The molecule has 1 aliphatic carbocycles. The first kappa shape index (κ1) is 14.2. The second-order valence-corrected chi connectivity index (χ2v) is 6.38. The highest BCUT2D eigenvalue weighted by atomic mass is 32.2. The second-order valence-electron chi connectivity index (χ2n) is 4.52. The average molecular weight is 285 g/mol. The number of benzene rings is 1. The van der Waals surface area contributed by atoms with E-state index in [9.17, 15) is 12.8 Å². The van der Waals surface area contributed by atoms with Gasteiger partial charge in [-0.25, -0.2) is 12.8 Å². The first-order valence-electron chi connectivity index (χ1n) is 6.02. The summed E-state index contributed by atoms with van der Waals surface area (Å²) in [5.74, 6) is -0.832. The van der Waals surface area contributed by atoms with E-state index in [0.29, 0.717) is 5.56 Å². The van der Waals surface area contributed by atoms with Crippen LogP contribution in [0.25, 0.3) is 0 Å². The Morgan fingerprint density at radius 2 is 2.16 bits per heavy atom. The fourth-order valence-electron chi connectivity index (χ4n) is 1.91. The Hall–Kier alpha value is -1.24. The molecule has 1 aromatic rings. The molecule has 0 radical (unpaired) electrons. The minimum atomic E-state index is -3.85. The van der Waals surface area contributed by atoms with E-state index in [1.54, 1.807) is 0 Å². The summed E-state index contributed by atoms with van der Waals surface area (Å²) in [5.41, 5.74) is 0.346. The quantitative estimate of drug-likeness (QED) is 0.809. The van der Waals surface area contributed by atoms with E-state index in [2.05, 4.69) is 6.58 Å². The van der Waals surface area contributed by atoms with Gasteiger partial charge in [0.1, 0.15) is 10.7 Å². The molecule has 1 aliphatic rings. The molecule has 1 N–H and O–H groups in total. The number of halogens is 1. The molecule has 1 fully saturated rings. The van der Waals surface area contributed by atoms with E-state index in [-0.39, 0.29) is 24.1 Å². The van der Waals surface area contributed by atoms with Crippen LogP contribution in [0.1, 0.15) is 18.4 Å². The highest BCUT2D eigenvalue weighted by Gasteiger charge is 2.38. The van der Waals surface area contributed by atoms with Crippen molar-refractivity contribution >= 4 is 10.0 Å². The van der Waals surface area contributed by atoms with Crippen molar-refractivity contribution in [3.05, 3.63) is 42.2 Å². The van der Waals surface area contributed by atoms with Crippen molar-refractivity contribution in [1.29, 1.82) is 0 Å². The molecule has 0 unspecified atom stereocenters. The third kappa shape index (κ3) is 2.86. The van der Waals surface area contributed by atoms with Crippen molar-refractivity contribution in [2.45, 2.75) is 30.4 Å². The van der Waals surface area contributed by atoms with Crippen LogP contribution in [0.15, 0.2) is 35.7 Å². The van der Waals surface area contributed by atoms with Gasteiger partial charge in [-0.2, -0.15) is 4.31 Å². The zero-order valence-electron chi connectivity index (χ0n) is 10.4. The Morgan fingerprint density at radius 3 is 2.63 bits per heavy atom. The Kier molecular flexibility index (Phi) is 4.03. The summed E-state index contributed by atoms with van der Waals surface area (Å²) in [6.07, 6.45) is 3.09. The van der Waals surface area contributed by atoms with Crippen LogP contribution < -0.4 is 0 Å². The lowest BCUT2D eigenvalue weighted by atomic mass is 10.2. The summed E-state index contributed by atoms with van der Waals surface area (Å²) >= 11 is 0. The predicted molar refractivity (Wildman–Crippen MR) is 69.4 cm³/mol. The van der Waals surface area contributed by atoms with E-state index >= 15 is 0 Å². The molecule has 0 bridgehead atoms. The van der Waals surface area contributed by atoms with Crippen molar-refractivity contribution in [3.8, 4) is 0 Å². The Bertz CT molecular complexity index is 582. The lowest BCUT2D eigenvalue weighted by Gasteiger charge is -2.20. The number of rotatable bonds is 6. The zero-order chi connectivity index (χ0) is 14.0. The van der Waals surface area contributed by atoms with Gasteiger partial charge in [0.05, 0.1) is 6.61 Å².